The number of fused-ring (bicyclic) bond motifs is 1. The van der Waals surface area contributed by atoms with Gasteiger partial charge in [-0.3, -0.25) is 19.2 Å². The predicted molar refractivity (Wildman–Crippen MR) is 191 cm³/mol. The molecule has 5 rings (SSSR count). The van der Waals surface area contributed by atoms with Gasteiger partial charge in [0, 0.05) is 45.8 Å². The molecular weight excluding hydrogens is 658 g/mol. The Balaban J connectivity index is 1.44. The first-order valence-electron chi connectivity index (χ1n) is 17.1. The molecule has 2 heterocycles. The van der Waals surface area contributed by atoms with E-state index in [4.69, 9.17) is 16.3 Å². The number of ether oxygens (including phenoxy) is 1. The van der Waals surface area contributed by atoms with Crippen LogP contribution in [0.1, 0.15) is 94.1 Å². The van der Waals surface area contributed by atoms with Crippen LogP contribution in [0.3, 0.4) is 0 Å². The minimum atomic E-state index is -1.07. The van der Waals surface area contributed by atoms with E-state index in [0.29, 0.717) is 27.5 Å². The number of esters is 1. The van der Waals surface area contributed by atoms with Gasteiger partial charge in [0.1, 0.15) is 23.9 Å². The largest absolute Gasteiger partial charge is 0.460 e. The number of aromatic nitrogens is 4. The molecule has 0 radical (unpaired) electrons. The molecule has 2 aromatic heterocycles. The van der Waals surface area contributed by atoms with Gasteiger partial charge >= 0.3 is 5.97 Å². The maximum Gasteiger partial charge on any atom is 0.306 e. The number of benzene rings is 2. The minimum Gasteiger partial charge on any atom is -0.460 e. The minimum absolute atomic E-state index is 0.0198. The average Bonchev–Trinajstić information content (AvgIpc) is 3.66. The first-order valence-corrected chi connectivity index (χ1v) is 17.5. The number of nitrogens with one attached hydrogen (secondary N) is 3. The number of carbonyl (C=O) groups is 4. The van der Waals surface area contributed by atoms with E-state index in [1.54, 1.807) is 45.3 Å². The van der Waals surface area contributed by atoms with Crippen LogP contribution in [0.25, 0.3) is 10.9 Å². The number of hydrogen-bond donors (Lipinski definition) is 3. The molecule has 13 heteroatoms. The van der Waals surface area contributed by atoms with Crippen LogP contribution in [0.2, 0.25) is 5.02 Å². The summed E-state index contributed by atoms with van der Waals surface area (Å²) in [5.74, 6) is -1.58. The van der Waals surface area contributed by atoms with Crippen LogP contribution in [0.15, 0.2) is 48.8 Å². The fourth-order valence-electron chi connectivity index (χ4n) is 6.35. The van der Waals surface area contributed by atoms with Crippen LogP contribution in [0, 0.1) is 13.8 Å². The Morgan fingerprint density at radius 1 is 1.06 bits per heavy atom. The van der Waals surface area contributed by atoms with Crippen LogP contribution in [0.5, 0.6) is 0 Å². The van der Waals surface area contributed by atoms with Crippen molar-refractivity contribution >= 4 is 51.9 Å². The highest BCUT2D eigenvalue weighted by Gasteiger charge is 2.35. The molecule has 1 atom stereocenters. The second kappa shape index (κ2) is 15.9. The van der Waals surface area contributed by atoms with E-state index in [1.807, 2.05) is 38.1 Å². The fourth-order valence-corrected chi connectivity index (χ4v) is 6.52. The smallest absolute Gasteiger partial charge is 0.306 e. The van der Waals surface area contributed by atoms with E-state index in [2.05, 4.69) is 25.9 Å². The molecule has 0 spiro atoms. The third-order valence-electron chi connectivity index (χ3n) is 8.65. The Labute approximate surface area is 297 Å². The van der Waals surface area contributed by atoms with Crippen LogP contribution in [0.4, 0.5) is 5.69 Å². The molecule has 3 amide bonds. The summed E-state index contributed by atoms with van der Waals surface area (Å²) in [6.45, 7) is 8.99. The highest BCUT2D eigenvalue weighted by atomic mass is 35.5. The first kappa shape index (κ1) is 36.6. The summed E-state index contributed by atoms with van der Waals surface area (Å²) in [4.78, 5) is 58.7. The van der Waals surface area contributed by atoms with E-state index in [9.17, 15) is 19.2 Å². The quantitative estimate of drug-likeness (QED) is 0.146. The fraction of sp³-hybridized carbons (Fsp3) is 0.459. The molecule has 2 aromatic carbocycles. The molecule has 266 valence electrons. The SMILES string of the molecule is Cc1ccc(NC(=O)Cn2cc(CN(C(=O)CCC(=O)OC(C)(C)C)C(C(=O)NC3CCCCC3)c3c[nH]c4cc(Cl)ccc34)nn2)c(C)c1. The Morgan fingerprint density at radius 2 is 1.82 bits per heavy atom. The van der Waals surface area contributed by atoms with Gasteiger partial charge in [0.25, 0.3) is 0 Å². The highest BCUT2D eigenvalue weighted by molar-refractivity contribution is 6.31. The molecule has 1 aliphatic rings. The summed E-state index contributed by atoms with van der Waals surface area (Å²) in [5, 5.41) is 15.8. The van der Waals surface area contributed by atoms with Gasteiger partial charge < -0.3 is 25.3 Å². The number of H-pyrrole nitrogens is 1. The van der Waals surface area contributed by atoms with Crippen molar-refractivity contribution in [2.45, 2.75) is 110 Å². The van der Waals surface area contributed by atoms with Crippen molar-refractivity contribution in [2.75, 3.05) is 5.32 Å². The van der Waals surface area contributed by atoms with Crippen molar-refractivity contribution in [3.8, 4) is 0 Å². The molecule has 50 heavy (non-hydrogen) atoms. The Morgan fingerprint density at radius 3 is 2.54 bits per heavy atom. The van der Waals surface area contributed by atoms with E-state index in [-0.39, 0.29) is 43.8 Å². The monoisotopic (exact) mass is 703 g/mol. The number of hydrogen-bond acceptors (Lipinski definition) is 7. The Kier molecular flexibility index (Phi) is 11.6. The lowest BCUT2D eigenvalue weighted by Gasteiger charge is -2.33. The third-order valence-corrected chi connectivity index (χ3v) is 8.88. The molecule has 1 aliphatic carbocycles. The second-order valence-corrected chi connectivity index (χ2v) is 14.5. The lowest BCUT2D eigenvalue weighted by atomic mass is 9.94. The molecule has 1 fully saturated rings. The zero-order valence-electron chi connectivity index (χ0n) is 29.3. The number of anilines is 1. The van der Waals surface area contributed by atoms with Crippen LogP contribution in [-0.4, -0.2) is 60.2 Å². The topological polar surface area (TPSA) is 151 Å². The van der Waals surface area contributed by atoms with Crippen molar-refractivity contribution in [3.63, 3.8) is 0 Å². The Hall–Kier alpha value is -4.71. The summed E-state index contributed by atoms with van der Waals surface area (Å²) in [5.41, 5.74) is 3.68. The maximum atomic E-state index is 14.3. The third kappa shape index (κ3) is 9.71. The van der Waals surface area contributed by atoms with Crippen molar-refractivity contribution in [1.29, 1.82) is 0 Å². The van der Waals surface area contributed by atoms with E-state index >= 15 is 0 Å². The summed E-state index contributed by atoms with van der Waals surface area (Å²) < 4.78 is 6.85. The molecular formula is C37H46ClN7O5. The maximum absolute atomic E-state index is 14.3. The number of nitrogens with zero attached hydrogens (tertiary/aromatic N) is 4. The molecule has 0 saturated heterocycles. The van der Waals surface area contributed by atoms with Gasteiger partial charge in [0.05, 0.1) is 19.2 Å². The molecule has 1 saturated carbocycles. The predicted octanol–water partition coefficient (Wildman–Crippen LogP) is 6.31. The van der Waals surface area contributed by atoms with Gasteiger partial charge in [-0.25, -0.2) is 4.68 Å². The molecule has 4 aromatic rings. The van der Waals surface area contributed by atoms with Gasteiger partial charge in [-0.05, 0) is 71.2 Å². The number of amides is 3. The summed E-state index contributed by atoms with van der Waals surface area (Å²) >= 11 is 6.28. The van der Waals surface area contributed by atoms with Crippen LogP contribution in [-0.2, 0) is 37.0 Å². The van der Waals surface area contributed by atoms with Gasteiger partial charge in [-0.15, -0.1) is 5.10 Å². The van der Waals surface area contributed by atoms with Crippen molar-refractivity contribution in [1.82, 2.24) is 30.2 Å². The van der Waals surface area contributed by atoms with Gasteiger partial charge in [-0.1, -0.05) is 59.8 Å². The number of aryl methyl sites for hydroxylation is 2. The van der Waals surface area contributed by atoms with Gasteiger partial charge in [-0.2, -0.15) is 0 Å². The standard InChI is InChI=1S/C37H46ClN7O5/c1-23-11-14-30(24(2)17-23)41-32(46)22-44-20-27(42-43-44)21-45(33(47)15-16-34(48)50-37(3,4)5)35(36(49)40-26-9-7-6-8-10-26)29-19-39-31-18-25(38)12-13-28(29)31/h11-14,17-20,26,35,39H,6-10,15-16,21-22H2,1-5H3,(H,40,49)(H,41,46). The van der Waals surface area contributed by atoms with Crippen molar-refractivity contribution in [2.24, 2.45) is 0 Å². The number of carbonyl (C=O) groups excluding carboxylic acids is 4. The lowest BCUT2D eigenvalue weighted by molar-refractivity contribution is -0.156. The zero-order valence-corrected chi connectivity index (χ0v) is 30.1. The number of aromatic amines is 1. The highest BCUT2D eigenvalue weighted by Crippen LogP contribution is 2.33. The summed E-state index contributed by atoms with van der Waals surface area (Å²) in [7, 11) is 0. The van der Waals surface area contributed by atoms with E-state index in [0.717, 1.165) is 48.6 Å². The van der Waals surface area contributed by atoms with Gasteiger partial charge in [0.15, 0.2) is 0 Å². The second-order valence-electron chi connectivity index (χ2n) is 14.1. The summed E-state index contributed by atoms with van der Waals surface area (Å²) in [6.07, 6.45) is 7.79. The molecule has 0 bridgehead atoms. The zero-order chi connectivity index (χ0) is 36.0. The summed E-state index contributed by atoms with van der Waals surface area (Å²) in [6, 6.07) is 9.99. The number of rotatable bonds is 12. The molecule has 1 unspecified atom stereocenters. The van der Waals surface area contributed by atoms with Gasteiger partial charge in [0.2, 0.25) is 17.7 Å². The van der Waals surface area contributed by atoms with Crippen molar-refractivity contribution < 1.29 is 23.9 Å². The first-order chi connectivity index (χ1) is 23.8. The molecule has 12 nitrogen and oxygen atoms in total. The van der Waals surface area contributed by atoms with E-state index in [1.165, 1.54) is 9.58 Å². The van der Waals surface area contributed by atoms with Crippen LogP contribution >= 0.6 is 11.6 Å². The average molecular weight is 704 g/mol. The normalized spacial score (nSPS) is 14.3. The molecule has 0 aliphatic heterocycles. The Bertz CT molecular complexity index is 1850. The van der Waals surface area contributed by atoms with Crippen LogP contribution < -0.4 is 10.6 Å². The number of halogens is 1. The lowest BCUT2D eigenvalue weighted by Crippen LogP contribution is -2.47. The molecule has 3 N–H and O–H groups in total. The van der Waals surface area contributed by atoms with E-state index < -0.39 is 23.5 Å². The van der Waals surface area contributed by atoms with Crippen molar-refractivity contribution in [3.05, 3.63) is 76.2 Å².